The summed E-state index contributed by atoms with van der Waals surface area (Å²) in [6, 6.07) is 2.18. The van der Waals surface area contributed by atoms with Crippen molar-refractivity contribution in [2.75, 3.05) is 38.6 Å². The van der Waals surface area contributed by atoms with Crippen molar-refractivity contribution in [3.63, 3.8) is 0 Å². The van der Waals surface area contributed by atoms with Gasteiger partial charge in [0.2, 0.25) is 17.7 Å². The molecule has 2 spiro atoms. The van der Waals surface area contributed by atoms with Crippen LogP contribution in [0.25, 0.3) is 0 Å². The van der Waals surface area contributed by atoms with Crippen molar-refractivity contribution < 1.29 is 32.4 Å². The lowest BCUT2D eigenvalue weighted by molar-refractivity contribution is -0.145. The summed E-state index contributed by atoms with van der Waals surface area (Å²) in [6.07, 6.45) is 10.9. The van der Waals surface area contributed by atoms with Crippen molar-refractivity contribution in [2.45, 2.75) is 135 Å². The monoisotopic (exact) mass is 850 g/mol. The van der Waals surface area contributed by atoms with Crippen molar-refractivity contribution in [3.05, 3.63) is 36.5 Å². The lowest BCUT2D eigenvalue weighted by Crippen LogP contribution is -2.62. The van der Waals surface area contributed by atoms with Crippen LogP contribution in [0, 0.1) is 33.5 Å². The van der Waals surface area contributed by atoms with Gasteiger partial charge in [-0.2, -0.15) is 12.7 Å². The second-order valence-electron chi connectivity index (χ2n) is 20.3. The van der Waals surface area contributed by atoms with Crippen molar-refractivity contribution in [1.82, 2.24) is 34.9 Å². The van der Waals surface area contributed by atoms with Crippen LogP contribution >= 0.6 is 0 Å². The number of amides is 5. The van der Waals surface area contributed by atoms with Crippen LogP contribution in [0.3, 0.4) is 0 Å². The van der Waals surface area contributed by atoms with E-state index in [-0.39, 0.29) is 34.3 Å². The van der Waals surface area contributed by atoms with E-state index in [2.05, 4.69) is 46.1 Å². The van der Waals surface area contributed by atoms with E-state index in [1.807, 2.05) is 34.9 Å². The van der Waals surface area contributed by atoms with Gasteiger partial charge in [0, 0.05) is 45.1 Å². The maximum atomic E-state index is 15.2. The number of carbonyl (C=O) groups excluding carboxylic acids is 5. The van der Waals surface area contributed by atoms with Crippen LogP contribution in [-0.4, -0.2) is 110 Å². The molecule has 5 amide bonds. The number of hydrogen-bond acceptors (Lipinski definition) is 9. The molecule has 0 unspecified atom stereocenters. The van der Waals surface area contributed by atoms with Crippen LogP contribution in [-0.2, 0) is 29.4 Å². The summed E-state index contributed by atoms with van der Waals surface area (Å²) in [5, 5.41) is 9.03. The minimum absolute atomic E-state index is 0.0373. The standard InChI is InChI=1S/C44H66N8O7S/c1-9-29-25-44(29,39(57)49-60(58,59)51-23-13-14-24-51)48-36(54)31-26-43(41(5,6)42(43)21-16-22-42)27-52(31)38(56)34(40(2,3)4)47-37(55)33(28-17-11-10-12-18-28)46-35(53)30-19-15-20-32(45-30)50(7)8/h9,15,19-20,28-29,31,33-34H,1,10-14,16-18,21-27H2,2-8H3,(H,46,53)(H,47,55)(H,48,54)(H,49,57)/t29-,31+,33+,34-,43-,44-/m1/s1. The van der Waals surface area contributed by atoms with E-state index < -0.39 is 74.7 Å². The number of likely N-dealkylation sites (tertiary alicyclic amines) is 1. The Bertz CT molecular complexity index is 2020. The minimum atomic E-state index is -4.12. The quantitative estimate of drug-likeness (QED) is 0.215. The van der Waals surface area contributed by atoms with Gasteiger partial charge in [-0.3, -0.25) is 24.0 Å². The second kappa shape index (κ2) is 15.7. The normalized spacial score (nSPS) is 29.2. The third-order valence-corrected chi connectivity index (χ3v) is 17.1. The molecule has 4 saturated carbocycles. The first-order valence-electron chi connectivity index (χ1n) is 22.0. The van der Waals surface area contributed by atoms with E-state index in [1.54, 1.807) is 34.1 Å². The van der Waals surface area contributed by atoms with Crippen molar-refractivity contribution >= 4 is 45.6 Å². The minimum Gasteiger partial charge on any atom is -0.363 e. The molecule has 16 heteroatoms. The second-order valence-corrected chi connectivity index (χ2v) is 22.0. The molecule has 15 nitrogen and oxygen atoms in total. The molecule has 1 aromatic heterocycles. The number of nitrogens with one attached hydrogen (secondary N) is 4. The van der Waals surface area contributed by atoms with Gasteiger partial charge in [0.25, 0.3) is 11.8 Å². The Balaban J connectivity index is 1.16. The Morgan fingerprint density at radius 3 is 2.15 bits per heavy atom. The maximum Gasteiger partial charge on any atom is 0.303 e. The van der Waals surface area contributed by atoms with Crippen molar-refractivity contribution in [3.8, 4) is 0 Å². The SMILES string of the molecule is C=C[C@@H]1C[C@]1(NC(=O)[C@@H]1C[C@@]2(CN1C(=O)[C@@H](NC(=O)[C@@H](NC(=O)c1cccc(N(C)C)n1)C1CCCCC1)C(C)(C)C)C(C)(C)C21CCC1)C(=O)NS(=O)(=O)N1CCCC1. The molecule has 4 N–H and O–H groups in total. The van der Waals surface area contributed by atoms with Gasteiger partial charge in [-0.05, 0) is 85.7 Å². The molecule has 0 radical (unpaired) electrons. The topological polar surface area (TPSA) is 190 Å². The predicted molar refractivity (Wildman–Crippen MR) is 227 cm³/mol. The number of aromatic nitrogens is 1. The van der Waals surface area contributed by atoms with Crippen LogP contribution in [0.5, 0.6) is 0 Å². The van der Waals surface area contributed by atoms with Crippen LogP contribution in [0.4, 0.5) is 5.82 Å². The lowest BCUT2D eigenvalue weighted by Gasteiger charge is -2.38. The van der Waals surface area contributed by atoms with E-state index in [9.17, 15) is 27.6 Å². The largest absolute Gasteiger partial charge is 0.363 e. The summed E-state index contributed by atoms with van der Waals surface area (Å²) in [4.78, 5) is 80.1. The smallest absolute Gasteiger partial charge is 0.303 e. The molecule has 1 aromatic rings. The Morgan fingerprint density at radius 2 is 1.60 bits per heavy atom. The van der Waals surface area contributed by atoms with Crippen LogP contribution in [0.15, 0.2) is 30.9 Å². The van der Waals surface area contributed by atoms with E-state index in [1.165, 1.54) is 4.31 Å². The molecule has 60 heavy (non-hydrogen) atoms. The average Bonchev–Trinajstić information content (AvgIpc) is 3.63. The number of pyridine rings is 1. The first kappa shape index (κ1) is 44.0. The molecule has 4 aliphatic carbocycles. The van der Waals surface area contributed by atoms with Crippen LogP contribution in [0.2, 0.25) is 0 Å². The molecule has 0 bridgehead atoms. The van der Waals surface area contributed by atoms with E-state index >= 15 is 4.79 Å². The number of carbonyl (C=O) groups is 5. The highest BCUT2D eigenvalue weighted by atomic mass is 32.2. The molecule has 2 saturated heterocycles. The average molecular weight is 851 g/mol. The van der Waals surface area contributed by atoms with Gasteiger partial charge < -0.3 is 25.8 Å². The van der Waals surface area contributed by atoms with Crippen LogP contribution < -0.4 is 25.6 Å². The molecule has 2 aliphatic heterocycles. The number of hydrogen-bond donors (Lipinski definition) is 4. The number of rotatable bonds is 13. The third-order valence-electron chi connectivity index (χ3n) is 15.6. The highest BCUT2D eigenvalue weighted by Gasteiger charge is 2.85. The summed E-state index contributed by atoms with van der Waals surface area (Å²) in [5.41, 5.74) is -2.72. The van der Waals surface area contributed by atoms with Gasteiger partial charge >= 0.3 is 10.2 Å². The molecule has 6 aliphatic rings. The van der Waals surface area contributed by atoms with E-state index in [4.69, 9.17) is 0 Å². The third kappa shape index (κ3) is 7.40. The van der Waals surface area contributed by atoms with E-state index in [0.717, 1.165) is 51.4 Å². The fraction of sp³-hybridized carbons (Fsp3) is 0.727. The molecule has 6 atom stereocenters. The zero-order valence-corrected chi connectivity index (χ0v) is 37.4. The molecular formula is C44H66N8O7S. The molecule has 6 fully saturated rings. The van der Waals surface area contributed by atoms with E-state index in [0.29, 0.717) is 44.7 Å². The Hall–Kier alpha value is -4.05. The highest BCUT2D eigenvalue weighted by Crippen LogP contribution is 2.88. The van der Waals surface area contributed by atoms with Crippen LogP contribution in [0.1, 0.15) is 122 Å². The Labute approximate surface area is 355 Å². The zero-order chi connectivity index (χ0) is 43.6. The molecule has 330 valence electrons. The van der Waals surface area contributed by atoms with Gasteiger partial charge in [0.05, 0.1) is 0 Å². The lowest BCUT2D eigenvalue weighted by atomic mass is 9.73. The molecule has 7 rings (SSSR count). The molecule has 0 aromatic carbocycles. The van der Waals surface area contributed by atoms with Gasteiger partial charge in [-0.25, -0.2) is 9.71 Å². The summed E-state index contributed by atoms with van der Waals surface area (Å²) in [5.74, 6) is -2.76. The van der Waals surface area contributed by atoms with Gasteiger partial charge in [-0.1, -0.05) is 72.4 Å². The van der Waals surface area contributed by atoms with Crippen molar-refractivity contribution in [2.24, 2.45) is 33.5 Å². The first-order valence-corrected chi connectivity index (χ1v) is 23.4. The van der Waals surface area contributed by atoms with Gasteiger partial charge in [-0.15, -0.1) is 6.58 Å². The first-order chi connectivity index (χ1) is 28.1. The Kier molecular flexibility index (Phi) is 11.5. The molecular weight excluding hydrogens is 785 g/mol. The fourth-order valence-corrected chi connectivity index (χ4v) is 12.8. The van der Waals surface area contributed by atoms with Gasteiger partial charge in [0.1, 0.15) is 35.2 Å². The maximum absolute atomic E-state index is 15.2. The predicted octanol–water partition coefficient (Wildman–Crippen LogP) is 3.67. The summed E-state index contributed by atoms with van der Waals surface area (Å²) >= 11 is 0. The summed E-state index contributed by atoms with van der Waals surface area (Å²) < 4.78 is 29.8. The number of anilines is 1. The number of nitrogens with zero attached hydrogens (tertiary/aromatic N) is 4. The molecule has 3 heterocycles. The van der Waals surface area contributed by atoms with Gasteiger partial charge in [0.15, 0.2) is 0 Å². The Morgan fingerprint density at radius 1 is 0.933 bits per heavy atom. The highest BCUT2D eigenvalue weighted by molar-refractivity contribution is 7.87. The summed E-state index contributed by atoms with van der Waals surface area (Å²) in [6.45, 7) is 14.8. The summed E-state index contributed by atoms with van der Waals surface area (Å²) in [7, 11) is -0.453. The number of fused-ring (bicyclic) bond motifs is 1. The fourth-order valence-electron chi connectivity index (χ4n) is 11.5. The zero-order valence-electron chi connectivity index (χ0n) is 36.6. The van der Waals surface area contributed by atoms with Crippen molar-refractivity contribution in [1.29, 1.82) is 0 Å².